The number of fused-ring (bicyclic) bond motifs is 1. The Balaban J connectivity index is 2.10. The van der Waals surface area contributed by atoms with Crippen LogP contribution in [0.5, 0.6) is 5.75 Å². The van der Waals surface area contributed by atoms with Gasteiger partial charge in [0.15, 0.2) is 0 Å². The van der Waals surface area contributed by atoms with Crippen LogP contribution in [0.25, 0.3) is 0 Å². The summed E-state index contributed by atoms with van der Waals surface area (Å²) in [6.45, 7) is 4.46. The molecule has 2 atom stereocenters. The Morgan fingerprint density at radius 1 is 1.19 bits per heavy atom. The first-order valence-electron chi connectivity index (χ1n) is 7.12. The highest BCUT2D eigenvalue weighted by Gasteiger charge is 2.47. The number of nitrogens with zero attached hydrogens (tertiary/aromatic N) is 1. The van der Waals surface area contributed by atoms with E-state index in [2.05, 4.69) is 0 Å². The monoisotopic (exact) mass is 282 g/mol. The van der Waals surface area contributed by atoms with Gasteiger partial charge in [0.05, 0.1) is 11.8 Å². The fourth-order valence-corrected chi connectivity index (χ4v) is 3.19. The molecule has 1 saturated heterocycles. The minimum absolute atomic E-state index is 0.0345. The van der Waals surface area contributed by atoms with Gasteiger partial charge < -0.3 is 15.4 Å². The van der Waals surface area contributed by atoms with Crippen LogP contribution in [0.3, 0.4) is 0 Å². The lowest BCUT2D eigenvalue weighted by Crippen LogP contribution is -2.25. The van der Waals surface area contributed by atoms with Crippen molar-refractivity contribution < 1.29 is 9.90 Å². The van der Waals surface area contributed by atoms with Crippen LogP contribution in [-0.2, 0) is 4.79 Å². The molecule has 2 aliphatic rings. The van der Waals surface area contributed by atoms with Crippen LogP contribution in [0.4, 0.5) is 0 Å². The summed E-state index contributed by atoms with van der Waals surface area (Å²) in [4.78, 5) is 14.5. The standard InChI is InChI=1S/C17H18N2O2/c1-3-19-13-9-4-10(2)16(18)15(13)14(17(19)21)11-5-7-12(20)8-6-11/h4-9,14-15,18,20H,3H2,1-2H3. The van der Waals surface area contributed by atoms with Gasteiger partial charge in [-0.1, -0.05) is 18.2 Å². The number of hydrogen-bond donors (Lipinski definition) is 2. The quantitative estimate of drug-likeness (QED) is 0.876. The summed E-state index contributed by atoms with van der Waals surface area (Å²) in [5.41, 5.74) is 3.17. The van der Waals surface area contributed by atoms with Crippen LogP contribution in [0.1, 0.15) is 25.3 Å². The molecular weight excluding hydrogens is 264 g/mol. The van der Waals surface area contributed by atoms with E-state index < -0.39 is 0 Å². The molecule has 1 aliphatic heterocycles. The molecule has 1 aromatic carbocycles. The number of aromatic hydroxyl groups is 1. The molecule has 1 heterocycles. The van der Waals surface area contributed by atoms with Crippen LogP contribution in [0.2, 0.25) is 0 Å². The maximum atomic E-state index is 12.7. The smallest absolute Gasteiger partial charge is 0.235 e. The van der Waals surface area contributed by atoms with Gasteiger partial charge in [-0.15, -0.1) is 0 Å². The Kier molecular flexibility index (Phi) is 3.16. The third-order valence-corrected chi connectivity index (χ3v) is 4.30. The Hall–Kier alpha value is -2.36. The van der Waals surface area contributed by atoms with Crippen molar-refractivity contribution in [1.29, 1.82) is 5.41 Å². The van der Waals surface area contributed by atoms with E-state index in [1.807, 2.05) is 26.0 Å². The van der Waals surface area contributed by atoms with Crippen molar-refractivity contribution >= 4 is 11.6 Å². The molecule has 108 valence electrons. The summed E-state index contributed by atoms with van der Waals surface area (Å²) in [6.07, 6.45) is 3.86. The van der Waals surface area contributed by atoms with E-state index in [1.165, 1.54) is 0 Å². The largest absolute Gasteiger partial charge is 0.508 e. The van der Waals surface area contributed by atoms with Crippen molar-refractivity contribution in [3.05, 3.63) is 53.3 Å². The number of allylic oxidation sites excluding steroid dienone is 4. The Bertz CT molecular complexity index is 671. The number of phenols is 1. The molecule has 1 aliphatic carbocycles. The highest BCUT2D eigenvalue weighted by Crippen LogP contribution is 2.44. The number of hydrogen-bond acceptors (Lipinski definition) is 3. The summed E-state index contributed by atoms with van der Waals surface area (Å²) < 4.78 is 0. The molecule has 0 bridgehead atoms. The number of amides is 1. The third kappa shape index (κ3) is 1.98. The maximum Gasteiger partial charge on any atom is 0.235 e. The lowest BCUT2D eigenvalue weighted by atomic mass is 9.79. The molecule has 1 fully saturated rings. The van der Waals surface area contributed by atoms with E-state index in [0.29, 0.717) is 12.3 Å². The van der Waals surface area contributed by atoms with Gasteiger partial charge in [-0.05, 0) is 43.2 Å². The number of nitrogens with one attached hydrogen (secondary N) is 1. The molecule has 3 rings (SSSR count). The average molecular weight is 282 g/mol. The Morgan fingerprint density at radius 3 is 2.48 bits per heavy atom. The first kappa shape index (κ1) is 13.6. The summed E-state index contributed by atoms with van der Waals surface area (Å²) in [7, 11) is 0. The zero-order valence-electron chi connectivity index (χ0n) is 12.1. The second-order valence-electron chi connectivity index (χ2n) is 5.48. The van der Waals surface area contributed by atoms with E-state index in [4.69, 9.17) is 5.41 Å². The molecule has 21 heavy (non-hydrogen) atoms. The van der Waals surface area contributed by atoms with E-state index in [-0.39, 0.29) is 23.5 Å². The maximum absolute atomic E-state index is 12.7. The second kappa shape index (κ2) is 4.88. The fraction of sp³-hybridized carbons (Fsp3) is 0.294. The SMILES string of the molecule is CCN1C(=O)C(c2ccc(O)cc2)C2C(=N)C(C)=CC=C21. The van der Waals surface area contributed by atoms with E-state index in [0.717, 1.165) is 16.8 Å². The molecule has 0 radical (unpaired) electrons. The fourth-order valence-electron chi connectivity index (χ4n) is 3.19. The summed E-state index contributed by atoms with van der Waals surface area (Å²) in [5.74, 6) is -0.366. The predicted molar refractivity (Wildman–Crippen MR) is 81.3 cm³/mol. The van der Waals surface area contributed by atoms with Gasteiger partial charge in [0.2, 0.25) is 5.91 Å². The van der Waals surface area contributed by atoms with Gasteiger partial charge in [0, 0.05) is 18.0 Å². The number of benzene rings is 1. The predicted octanol–water partition coefficient (Wildman–Crippen LogP) is 2.82. The van der Waals surface area contributed by atoms with Crippen LogP contribution in [0.15, 0.2) is 47.7 Å². The first-order valence-corrected chi connectivity index (χ1v) is 7.12. The lowest BCUT2D eigenvalue weighted by Gasteiger charge is -2.24. The molecule has 0 spiro atoms. The lowest BCUT2D eigenvalue weighted by molar-refractivity contribution is -0.127. The zero-order valence-corrected chi connectivity index (χ0v) is 12.1. The van der Waals surface area contributed by atoms with Crippen molar-refractivity contribution in [3.8, 4) is 5.75 Å². The van der Waals surface area contributed by atoms with Crippen LogP contribution >= 0.6 is 0 Å². The van der Waals surface area contributed by atoms with Crippen molar-refractivity contribution in [3.63, 3.8) is 0 Å². The number of likely N-dealkylation sites (N-methyl/N-ethyl adjacent to an activating group) is 1. The van der Waals surface area contributed by atoms with Gasteiger partial charge in [0.1, 0.15) is 5.75 Å². The van der Waals surface area contributed by atoms with Crippen LogP contribution < -0.4 is 0 Å². The number of carbonyl (C=O) groups is 1. The van der Waals surface area contributed by atoms with Gasteiger partial charge in [0.25, 0.3) is 0 Å². The van der Waals surface area contributed by atoms with E-state index >= 15 is 0 Å². The molecule has 1 aromatic rings. The minimum Gasteiger partial charge on any atom is -0.508 e. The molecule has 4 heteroatoms. The molecule has 2 N–H and O–H groups in total. The average Bonchev–Trinajstić information content (AvgIpc) is 2.76. The highest BCUT2D eigenvalue weighted by molar-refractivity contribution is 6.08. The molecule has 0 aromatic heterocycles. The minimum atomic E-state index is -0.368. The summed E-state index contributed by atoms with van der Waals surface area (Å²) in [6, 6.07) is 6.73. The number of phenolic OH excluding ortho intramolecular Hbond substituents is 1. The molecular formula is C17H18N2O2. The van der Waals surface area contributed by atoms with Crippen LogP contribution in [-0.4, -0.2) is 28.2 Å². The Morgan fingerprint density at radius 2 is 1.86 bits per heavy atom. The topological polar surface area (TPSA) is 64.4 Å². The normalized spacial score (nSPS) is 24.8. The summed E-state index contributed by atoms with van der Waals surface area (Å²) >= 11 is 0. The van der Waals surface area contributed by atoms with E-state index in [1.54, 1.807) is 29.2 Å². The number of rotatable bonds is 2. The van der Waals surface area contributed by atoms with Crippen LogP contribution in [0, 0.1) is 11.3 Å². The van der Waals surface area contributed by atoms with Gasteiger partial charge in [-0.25, -0.2) is 0 Å². The Labute approximate surface area is 123 Å². The first-order chi connectivity index (χ1) is 10.0. The highest BCUT2D eigenvalue weighted by atomic mass is 16.3. The second-order valence-corrected chi connectivity index (χ2v) is 5.48. The van der Waals surface area contributed by atoms with E-state index in [9.17, 15) is 9.90 Å². The van der Waals surface area contributed by atoms with Crippen molar-refractivity contribution in [2.75, 3.05) is 6.54 Å². The molecule has 1 amide bonds. The van der Waals surface area contributed by atoms with Crippen molar-refractivity contribution in [2.24, 2.45) is 5.92 Å². The third-order valence-electron chi connectivity index (χ3n) is 4.30. The molecule has 2 unspecified atom stereocenters. The number of carbonyl (C=O) groups excluding carboxylic acids is 1. The van der Waals surface area contributed by atoms with Gasteiger partial charge >= 0.3 is 0 Å². The molecule has 4 nitrogen and oxygen atoms in total. The van der Waals surface area contributed by atoms with Crippen molar-refractivity contribution in [2.45, 2.75) is 19.8 Å². The van der Waals surface area contributed by atoms with Crippen molar-refractivity contribution in [1.82, 2.24) is 4.90 Å². The summed E-state index contributed by atoms with van der Waals surface area (Å²) in [5, 5.41) is 17.8. The van der Waals surface area contributed by atoms with Gasteiger partial charge in [-0.2, -0.15) is 0 Å². The molecule has 0 saturated carbocycles. The zero-order chi connectivity index (χ0) is 15.1. The number of likely N-dealkylation sites (tertiary alicyclic amines) is 1. The van der Waals surface area contributed by atoms with Gasteiger partial charge in [-0.3, -0.25) is 4.79 Å².